The fraction of sp³-hybridized carbons (Fsp3) is 0.481. The number of carboxylic acid groups (broad SMARTS) is 2. The molecule has 1 heterocycles. The number of methoxy groups -OCH3 is 1. The summed E-state index contributed by atoms with van der Waals surface area (Å²) in [5, 5.41) is 45.5. The first-order chi connectivity index (χ1) is 36.3. The van der Waals surface area contributed by atoms with E-state index in [9.17, 15) is 58.5 Å². The molecule has 2 aromatic carbocycles. The number of carbonyl (C=O) groups excluding carboxylic acids is 7. The van der Waals surface area contributed by atoms with E-state index >= 15 is 0 Å². The van der Waals surface area contributed by atoms with Gasteiger partial charge in [-0.15, -0.1) is 0 Å². The molecule has 0 saturated carbocycles. The van der Waals surface area contributed by atoms with E-state index in [4.69, 9.17) is 16.2 Å². The molecule has 23 heteroatoms. The van der Waals surface area contributed by atoms with Gasteiger partial charge in [-0.2, -0.15) is 0 Å². The first kappa shape index (κ1) is 63.2. The van der Waals surface area contributed by atoms with Gasteiger partial charge in [0.2, 0.25) is 35.4 Å². The highest BCUT2D eigenvalue weighted by atomic mass is 16.5. The molecule has 0 bridgehead atoms. The van der Waals surface area contributed by atoms with Crippen molar-refractivity contribution < 1.29 is 63.2 Å². The molecule has 23 nitrogen and oxygen atoms in total. The van der Waals surface area contributed by atoms with Crippen LogP contribution in [-0.4, -0.2) is 143 Å². The summed E-state index contributed by atoms with van der Waals surface area (Å²) in [5.74, 6) is -12.6. The first-order valence-corrected chi connectivity index (χ1v) is 25.3. The van der Waals surface area contributed by atoms with Crippen LogP contribution >= 0.6 is 0 Å². The Bertz CT molecular complexity index is 2500. The van der Waals surface area contributed by atoms with E-state index in [0.717, 1.165) is 16.0 Å². The average Bonchev–Trinajstić information content (AvgIpc) is 3.38. The Morgan fingerprint density at radius 1 is 0.792 bits per heavy atom. The van der Waals surface area contributed by atoms with Gasteiger partial charge in [-0.05, 0) is 82.1 Å². The summed E-state index contributed by atoms with van der Waals surface area (Å²) in [6.07, 6.45) is 5.04. The van der Waals surface area contributed by atoms with E-state index in [0.29, 0.717) is 18.4 Å². The number of hydrogen-bond donors (Lipinski definition) is 11. The topological polar surface area (TPSA) is 363 Å². The Morgan fingerprint density at radius 2 is 1.39 bits per heavy atom. The van der Waals surface area contributed by atoms with Gasteiger partial charge in [0.05, 0.1) is 24.0 Å². The monoisotopic (exact) mass is 1070 g/mol. The van der Waals surface area contributed by atoms with E-state index in [2.05, 4.69) is 43.5 Å². The summed E-state index contributed by atoms with van der Waals surface area (Å²) in [4.78, 5) is 127. The van der Waals surface area contributed by atoms with Crippen LogP contribution in [0.2, 0.25) is 0 Å². The molecule has 0 spiro atoms. The van der Waals surface area contributed by atoms with Crippen LogP contribution < -0.4 is 43.4 Å². The molecule has 0 radical (unpaired) electrons. The fourth-order valence-corrected chi connectivity index (χ4v) is 8.20. The van der Waals surface area contributed by atoms with Crippen LogP contribution in [-0.2, 0) is 60.7 Å². The van der Waals surface area contributed by atoms with Crippen LogP contribution in [0.3, 0.4) is 0 Å². The molecule has 2 aromatic rings. The lowest BCUT2D eigenvalue weighted by Crippen LogP contribution is -2.59. The zero-order valence-electron chi connectivity index (χ0n) is 44.7. The van der Waals surface area contributed by atoms with Gasteiger partial charge in [0.1, 0.15) is 41.7 Å². The summed E-state index contributed by atoms with van der Waals surface area (Å²) >= 11 is 0. The molecule has 0 aliphatic carbocycles. The van der Waals surface area contributed by atoms with Crippen molar-refractivity contribution in [3.63, 3.8) is 0 Å². The van der Waals surface area contributed by atoms with Crippen LogP contribution in [0.4, 0.5) is 0 Å². The minimum atomic E-state index is -1.93. The van der Waals surface area contributed by atoms with Gasteiger partial charge in [-0.1, -0.05) is 93.6 Å². The maximum Gasteiger partial charge on any atom is 0.327 e. The summed E-state index contributed by atoms with van der Waals surface area (Å²) in [5.41, 5.74) is 13.2. The Balaban J connectivity index is 2.12. The van der Waals surface area contributed by atoms with E-state index in [1.54, 1.807) is 32.2 Å². The van der Waals surface area contributed by atoms with Crippen molar-refractivity contribution in [3.8, 4) is 5.75 Å². The number of likely N-dealkylation sites (N-methyl/N-ethyl adjacent to an activating group) is 1. The third kappa shape index (κ3) is 20.9. The van der Waals surface area contributed by atoms with E-state index in [1.807, 2.05) is 43.3 Å². The third-order valence-corrected chi connectivity index (χ3v) is 13.1. The summed E-state index contributed by atoms with van der Waals surface area (Å²) in [6, 6.07) is 6.98. The fourth-order valence-electron chi connectivity index (χ4n) is 8.20. The molecule has 77 heavy (non-hydrogen) atoms. The van der Waals surface area contributed by atoms with Crippen LogP contribution in [0.25, 0.3) is 0 Å². The highest BCUT2D eigenvalue weighted by Crippen LogP contribution is 2.19. The Hall–Kier alpha value is -8.08. The summed E-state index contributed by atoms with van der Waals surface area (Å²) in [7, 11) is 2.81. The normalized spacial score (nSPS) is 24.1. The largest absolute Gasteiger partial charge is 0.508 e. The predicted octanol–water partition coefficient (Wildman–Crippen LogP) is 1.30. The zero-order valence-corrected chi connectivity index (χ0v) is 44.7. The molecule has 7 amide bonds. The van der Waals surface area contributed by atoms with Crippen molar-refractivity contribution in [1.29, 1.82) is 0 Å². The molecular weight excluding hydrogens is 997 g/mol. The first-order valence-electron chi connectivity index (χ1n) is 25.3. The number of ether oxygens (including phenoxy) is 1. The van der Waals surface area contributed by atoms with E-state index in [1.165, 1.54) is 46.0 Å². The number of carboxylic acids is 2. The second-order valence-corrected chi connectivity index (χ2v) is 19.2. The highest BCUT2D eigenvalue weighted by Gasteiger charge is 2.37. The van der Waals surface area contributed by atoms with Crippen LogP contribution in [0.15, 0.2) is 95.7 Å². The molecule has 2 unspecified atom stereocenters. The van der Waals surface area contributed by atoms with Gasteiger partial charge in [0.15, 0.2) is 5.96 Å². The van der Waals surface area contributed by atoms with Crippen molar-refractivity contribution >= 4 is 59.2 Å². The number of aryl methyl sites for hydroxylation is 1. The number of amides is 7. The summed E-state index contributed by atoms with van der Waals surface area (Å²) < 4.78 is 5.82. The highest BCUT2D eigenvalue weighted by molar-refractivity contribution is 6.00. The molecule has 0 aromatic heterocycles. The SMILES string of the molecule is C=C1C(=O)N[C@H](C)C(=O)N[C@@H](CCCc2ccc(O)cc2)C(=O)N[C@@H](C(=O)O)[C@H](C)C(=O)N[C@@H](CCCN=C(N)N)C(=O)NC(/C=C/C(C)=C/[C@H](C)[C@H](Cc2ccccc2)OC)[C@H](C)C(=O)NC(C(=O)O)CCC(=O)N1C. The molecule has 1 fully saturated rings. The number of aromatic hydroxyl groups is 1. The number of nitrogens with two attached hydrogens (primary N) is 2. The lowest BCUT2D eigenvalue weighted by atomic mass is 9.94. The average molecular weight is 1070 g/mol. The lowest BCUT2D eigenvalue weighted by molar-refractivity contribution is -0.146. The number of carbonyl (C=O) groups is 9. The quantitative estimate of drug-likeness (QED) is 0.0350. The van der Waals surface area contributed by atoms with Crippen LogP contribution in [0, 0.1) is 17.8 Å². The van der Waals surface area contributed by atoms with Gasteiger partial charge < -0.3 is 68.3 Å². The lowest BCUT2D eigenvalue weighted by Gasteiger charge is -2.28. The van der Waals surface area contributed by atoms with Crippen molar-refractivity contribution in [2.75, 3.05) is 20.7 Å². The van der Waals surface area contributed by atoms with Crippen molar-refractivity contribution in [1.82, 2.24) is 36.8 Å². The zero-order chi connectivity index (χ0) is 57.5. The van der Waals surface area contributed by atoms with Gasteiger partial charge in [-0.25, -0.2) is 9.59 Å². The predicted molar refractivity (Wildman–Crippen MR) is 286 cm³/mol. The number of nitrogens with one attached hydrogen (secondary N) is 6. The van der Waals surface area contributed by atoms with Crippen molar-refractivity contribution in [2.45, 2.75) is 128 Å². The number of nitrogens with zero attached hydrogens (tertiary/aromatic N) is 2. The molecule has 1 aliphatic heterocycles. The Kier molecular flexibility index (Phi) is 25.5. The molecule has 1 saturated heterocycles. The Morgan fingerprint density at radius 3 is 1.99 bits per heavy atom. The van der Waals surface area contributed by atoms with Crippen molar-refractivity contribution in [3.05, 3.63) is 102 Å². The second kappa shape index (κ2) is 31.1. The molecule has 1 aliphatic rings. The third-order valence-electron chi connectivity index (χ3n) is 13.1. The Labute approximate surface area is 448 Å². The molecule has 10 atom stereocenters. The van der Waals surface area contributed by atoms with Gasteiger partial charge in [-0.3, -0.25) is 38.6 Å². The minimum absolute atomic E-state index is 0.00747. The van der Waals surface area contributed by atoms with E-state index in [-0.39, 0.29) is 56.0 Å². The van der Waals surface area contributed by atoms with Crippen LogP contribution in [0.1, 0.15) is 84.3 Å². The number of phenols is 1. The molecule has 13 N–H and O–H groups in total. The number of guanidine groups is 1. The molecule has 3 rings (SSSR count). The summed E-state index contributed by atoms with van der Waals surface area (Å²) in [6.45, 7) is 11.3. The van der Waals surface area contributed by atoms with Gasteiger partial charge >= 0.3 is 11.9 Å². The van der Waals surface area contributed by atoms with Gasteiger partial charge in [0, 0.05) is 33.0 Å². The standard InChI is InChI=1S/C54H76N10O13/c1-30(28-31(2)43(77-8)29-37-14-10-9-11-15-37)19-24-39-32(3)46(67)62-42(52(73)74)25-26-44(66)64(7)35(6)49(70)58-34(5)48(69)61-40(17-12-16-36-20-22-38(65)23-21-36)51(72)63-45(53(75)76)33(4)47(68)60-41(50(71)59-39)18-13-27-57-54(55)56/h9-11,14-15,19-24,28,31-34,39-43,45,65H,6,12-13,16-18,25-27,29H2,1-5,7-8H3,(H,58,70)(H,59,71)(H,60,68)(H,61,69)(H,62,67)(H,63,72)(H,73,74)(H,75,76)(H4,55,56,57)/b24-19+,30-28+/t31-,32-,33-,34+,39?,40-,41-,42?,43-,45+/m0/s1. The number of rotatable bonds is 17. The second-order valence-electron chi connectivity index (χ2n) is 19.2. The molecular formula is C54H76N10O13. The number of benzene rings is 2. The van der Waals surface area contributed by atoms with Crippen LogP contribution in [0.5, 0.6) is 5.75 Å². The van der Waals surface area contributed by atoms with Gasteiger partial charge in [0.25, 0.3) is 5.91 Å². The maximum atomic E-state index is 14.5. The van der Waals surface area contributed by atoms with E-state index < -0.39 is 120 Å². The minimum Gasteiger partial charge on any atom is -0.508 e. The number of phenolic OH excluding ortho intramolecular Hbond substituents is 1. The maximum absolute atomic E-state index is 14.5. The number of aliphatic carboxylic acids is 2. The molecule has 420 valence electrons. The smallest absolute Gasteiger partial charge is 0.327 e. The number of aliphatic imine (C=N–C) groups is 1. The number of hydrogen-bond acceptors (Lipinski definition) is 12. The number of allylic oxidation sites excluding steroid dienone is 2. The van der Waals surface area contributed by atoms with Crippen molar-refractivity contribution in [2.24, 2.45) is 34.2 Å².